The molecule has 0 fully saturated rings. The van der Waals surface area contributed by atoms with Gasteiger partial charge < -0.3 is 9.64 Å². The minimum atomic E-state index is -0.347. The fourth-order valence-electron chi connectivity index (χ4n) is 1.68. The van der Waals surface area contributed by atoms with Crippen LogP contribution in [0.3, 0.4) is 0 Å². The highest BCUT2D eigenvalue weighted by Crippen LogP contribution is 2.20. The van der Waals surface area contributed by atoms with Gasteiger partial charge in [-0.3, -0.25) is 4.79 Å². The van der Waals surface area contributed by atoms with E-state index in [1.165, 1.54) is 11.5 Å². The van der Waals surface area contributed by atoms with Gasteiger partial charge in [0.2, 0.25) is 5.91 Å². The number of aryl methyl sites for hydroxylation is 1. The summed E-state index contributed by atoms with van der Waals surface area (Å²) in [6.07, 6.45) is 2.65. The van der Waals surface area contributed by atoms with Crippen LogP contribution in [0.5, 0.6) is 0 Å². The van der Waals surface area contributed by atoms with Crippen LogP contribution in [0.4, 0.5) is 0 Å². The minimum absolute atomic E-state index is 0.0125. The molecule has 0 aliphatic rings. The van der Waals surface area contributed by atoms with Gasteiger partial charge in [-0.1, -0.05) is 6.92 Å². The molecule has 1 amide bonds. The topological polar surface area (TPSA) is 42.4 Å². The zero-order valence-electron chi connectivity index (χ0n) is 11.9. The van der Waals surface area contributed by atoms with Crippen molar-refractivity contribution in [1.82, 2.24) is 9.27 Å². The number of methoxy groups -OCH3 is 1. The van der Waals surface area contributed by atoms with Crippen LogP contribution in [0, 0.1) is 6.92 Å². The summed E-state index contributed by atoms with van der Waals surface area (Å²) >= 11 is 7.12. The standard InChI is InChI=1S/C13H21ClN2O2S/c1-5-13(3,18-4)9-16(12(17)6-14)8-11-10(2)7-15-19-11/h7H,5-6,8-9H2,1-4H3. The van der Waals surface area contributed by atoms with Crippen molar-refractivity contribution in [3.63, 3.8) is 0 Å². The van der Waals surface area contributed by atoms with Gasteiger partial charge in [-0.15, -0.1) is 11.6 Å². The highest BCUT2D eigenvalue weighted by Gasteiger charge is 2.27. The Balaban J connectivity index is 2.84. The third kappa shape index (κ3) is 4.44. The molecule has 1 rings (SSSR count). The van der Waals surface area contributed by atoms with Crippen LogP contribution in [0.2, 0.25) is 0 Å². The third-order valence-corrected chi connectivity index (χ3v) is 4.53. The number of halogens is 1. The zero-order valence-corrected chi connectivity index (χ0v) is 13.5. The van der Waals surface area contributed by atoms with E-state index in [1.807, 2.05) is 27.0 Å². The van der Waals surface area contributed by atoms with Crippen molar-refractivity contribution < 1.29 is 9.53 Å². The first kappa shape index (κ1) is 16.4. The van der Waals surface area contributed by atoms with E-state index in [0.29, 0.717) is 13.1 Å². The average Bonchev–Trinajstić information content (AvgIpc) is 2.82. The largest absolute Gasteiger partial charge is 0.377 e. The molecule has 108 valence electrons. The maximum atomic E-state index is 12.0. The molecule has 0 N–H and O–H groups in total. The van der Waals surface area contributed by atoms with E-state index in [1.54, 1.807) is 12.0 Å². The Bertz CT molecular complexity index is 419. The molecule has 0 aromatic carbocycles. The predicted molar refractivity (Wildman–Crippen MR) is 78.7 cm³/mol. The molecule has 1 aromatic heterocycles. The van der Waals surface area contributed by atoms with E-state index in [4.69, 9.17) is 16.3 Å². The molecule has 0 saturated carbocycles. The summed E-state index contributed by atoms with van der Waals surface area (Å²) in [6.45, 7) is 7.12. The van der Waals surface area contributed by atoms with Gasteiger partial charge >= 0.3 is 0 Å². The van der Waals surface area contributed by atoms with Crippen LogP contribution in [0.15, 0.2) is 6.20 Å². The molecule has 1 aromatic rings. The van der Waals surface area contributed by atoms with Gasteiger partial charge in [-0.05, 0) is 37.4 Å². The van der Waals surface area contributed by atoms with E-state index >= 15 is 0 Å². The molecule has 6 heteroatoms. The van der Waals surface area contributed by atoms with Crippen molar-refractivity contribution >= 4 is 29.0 Å². The van der Waals surface area contributed by atoms with Crippen LogP contribution in [-0.4, -0.2) is 40.3 Å². The van der Waals surface area contributed by atoms with E-state index in [9.17, 15) is 4.79 Å². The number of rotatable bonds is 7. The van der Waals surface area contributed by atoms with Gasteiger partial charge in [0.15, 0.2) is 0 Å². The van der Waals surface area contributed by atoms with E-state index in [2.05, 4.69) is 4.37 Å². The van der Waals surface area contributed by atoms with E-state index in [0.717, 1.165) is 16.9 Å². The minimum Gasteiger partial charge on any atom is -0.377 e. The second-order valence-electron chi connectivity index (χ2n) is 4.82. The van der Waals surface area contributed by atoms with Gasteiger partial charge in [-0.2, -0.15) is 0 Å². The highest BCUT2D eigenvalue weighted by molar-refractivity contribution is 7.05. The molecule has 0 aliphatic carbocycles. The Morgan fingerprint density at radius 1 is 1.63 bits per heavy atom. The Hall–Kier alpha value is -0.650. The van der Waals surface area contributed by atoms with Crippen molar-refractivity contribution in [3.8, 4) is 0 Å². The molecule has 1 unspecified atom stereocenters. The fraction of sp³-hybridized carbons (Fsp3) is 0.692. The smallest absolute Gasteiger partial charge is 0.237 e. The predicted octanol–water partition coefficient (Wildman–Crippen LogP) is 2.83. The third-order valence-electron chi connectivity index (χ3n) is 3.42. The second-order valence-corrected chi connectivity index (χ2v) is 5.98. The van der Waals surface area contributed by atoms with Crippen LogP contribution in [0.1, 0.15) is 30.7 Å². The zero-order chi connectivity index (χ0) is 14.5. The molecule has 19 heavy (non-hydrogen) atoms. The van der Waals surface area contributed by atoms with Crippen molar-refractivity contribution in [2.24, 2.45) is 0 Å². The number of nitrogens with zero attached hydrogens (tertiary/aromatic N) is 2. The SMILES string of the molecule is CCC(C)(CN(Cc1sncc1C)C(=O)CCl)OC. The van der Waals surface area contributed by atoms with Gasteiger partial charge in [0.1, 0.15) is 5.88 Å². The van der Waals surface area contributed by atoms with Gasteiger partial charge in [0.25, 0.3) is 0 Å². The Morgan fingerprint density at radius 3 is 2.74 bits per heavy atom. The lowest BCUT2D eigenvalue weighted by molar-refractivity contribution is -0.133. The number of carbonyl (C=O) groups is 1. The summed E-state index contributed by atoms with van der Waals surface area (Å²) in [4.78, 5) is 14.8. The number of carbonyl (C=O) groups excluding carboxylic acids is 1. The highest BCUT2D eigenvalue weighted by atomic mass is 35.5. The Kier molecular flexibility index (Phi) is 6.23. The first-order chi connectivity index (χ1) is 8.95. The molecule has 0 aliphatic heterocycles. The average molecular weight is 305 g/mol. The number of aromatic nitrogens is 1. The Morgan fingerprint density at radius 2 is 2.32 bits per heavy atom. The molecule has 0 saturated heterocycles. The van der Waals surface area contributed by atoms with E-state index in [-0.39, 0.29) is 17.4 Å². The van der Waals surface area contributed by atoms with Crippen molar-refractivity contribution in [2.45, 2.75) is 39.3 Å². The molecular weight excluding hydrogens is 284 g/mol. The van der Waals surface area contributed by atoms with Gasteiger partial charge in [-0.25, -0.2) is 4.37 Å². The number of hydrogen-bond acceptors (Lipinski definition) is 4. The van der Waals surface area contributed by atoms with Crippen LogP contribution in [-0.2, 0) is 16.1 Å². The summed E-state index contributed by atoms with van der Waals surface area (Å²) in [6, 6.07) is 0. The lowest BCUT2D eigenvalue weighted by Crippen LogP contribution is -2.44. The molecular formula is C13H21ClN2O2S. The molecule has 0 bridgehead atoms. The number of ether oxygens (including phenoxy) is 1. The Labute approximate surface area is 123 Å². The number of amides is 1. The summed E-state index contributed by atoms with van der Waals surface area (Å²) in [5.74, 6) is -0.0901. The maximum Gasteiger partial charge on any atom is 0.237 e. The molecule has 1 atom stereocenters. The summed E-state index contributed by atoms with van der Waals surface area (Å²) in [7, 11) is 1.67. The van der Waals surface area contributed by atoms with Gasteiger partial charge in [0, 0.05) is 24.7 Å². The molecule has 0 spiro atoms. The van der Waals surface area contributed by atoms with Crippen molar-refractivity contribution in [3.05, 3.63) is 16.6 Å². The molecule has 1 heterocycles. The number of hydrogen-bond donors (Lipinski definition) is 0. The van der Waals surface area contributed by atoms with Crippen LogP contribution < -0.4 is 0 Å². The number of alkyl halides is 1. The monoisotopic (exact) mass is 304 g/mol. The lowest BCUT2D eigenvalue weighted by atomic mass is 10.0. The first-order valence-electron chi connectivity index (χ1n) is 6.24. The van der Waals surface area contributed by atoms with Crippen molar-refractivity contribution in [1.29, 1.82) is 0 Å². The normalized spacial score (nSPS) is 14.2. The summed E-state index contributed by atoms with van der Waals surface area (Å²) in [5, 5.41) is 0. The molecule has 0 radical (unpaired) electrons. The summed E-state index contributed by atoms with van der Waals surface area (Å²) in [5.41, 5.74) is 0.758. The first-order valence-corrected chi connectivity index (χ1v) is 7.55. The fourth-order valence-corrected chi connectivity index (χ4v) is 2.60. The lowest BCUT2D eigenvalue weighted by Gasteiger charge is -2.33. The maximum absolute atomic E-state index is 12.0. The van der Waals surface area contributed by atoms with E-state index < -0.39 is 0 Å². The van der Waals surface area contributed by atoms with Crippen molar-refractivity contribution in [2.75, 3.05) is 19.5 Å². The summed E-state index contributed by atoms with van der Waals surface area (Å²) < 4.78 is 9.65. The quantitative estimate of drug-likeness (QED) is 0.728. The van der Waals surface area contributed by atoms with Crippen LogP contribution in [0.25, 0.3) is 0 Å². The second kappa shape index (κ2) is 7.22. The van der Waals surface area contributed by atoms with Gasteiger partial charge in [0.05, 0.1) is 12.1 Å². The van der Waals surface area contributed by atoms with Crippen LogP contribution >= 0.6 is 23.1 Å². The molecule has 4 nitrogen and oxygen atoms in total.